The molecular formula is C19H15N5O. The molecule has 0 unspecified atom stereocenters. The first-order valence-corrected chi connectivity index (χ1v) is 7.97. The summed E-state index contributed by atoms with van der Waals surface area (Å²) in [4.78, 5) is 8.89. The van der Waals surface area contributed by atoms with E-state index >= 15 is 0 Å². The summed E-state index contributed by atoms with van der Waals surface area (Å²) >= 11 is 0. The maximum Gasteiger partial charge on any atom is 0.258 e. The van der Waals surface area contributed by atoms with Crippen LogP contribution in [0.3, 0.4) is 0 Å². The molecule has 0 saturated heterocycles. The molecule has 6 heteroatoms. The molecule has 25 heavy (non-hydrogen) atoms. The minimum Gasteiger partial charge on any atom is -0.334 e. The van der Waals surface area contributed by atoms with Gasteiger partial charge in [0.25, 0.3) is 5.89 Å². The van der Waals surface area contributed by atoms with Crippen LogP contribution in [0.2, 0.25) is 0 Å². The maximum absolute atomic E-state index is 9.02. The zero-order valence-electron chi connectivity index (χ0n) is 13.8. The van der Waals surface area contributed by atoms with Crippen LogP contribution < -0.4 is 0 Å². The second-order valence-electron chi connectivity index (χ2n) is 6.06. The van der Waals surface area contributed by atoms with Crippen LogP contribution in [0.1, 0.15) is 25.5 Å². The van der Waals surface area contributed by atoms with Gasteiger partial charge in [-0.05, 0) is 50.2 Å². The highest BCUT2D eigenvalue weighted by Gasteiger charge is 2.13. The summed E-state index contributed by atoms with van der Waals surface area (Å²) in [5, 5.41) is 13.1. The van der Waals surface area contributed by atoms with E-state index in [1.807, 2.05) is 30.6 Å². The van der Waals surface area contributed by atoms with E-state index in [0.29, 0.717) is 23.3 Å². The largest absolute Gasteiger partial charge is 0.334 e. The summed E-state index contributed by atoms with van der Waals surface area (Å²) in [6.45, 7) is 4.23. The van der Waals surface area contributed by atoms with Gasteiger partial charge in [-0.3, -0.25) is 0 Å². The van der Waals surface area contributed by atoms with E-state index in [9.17, 15) is 0 Å². The smallest absolute Gasteiger partial charge is 0.258 e. The molecular weight excluding hydrogens is 314 g/mol. The van der Waals surface area contributed by atoms with E-state index in [0.717, 1.165) is 22.2 Å². The summed E-state index contributed by atoms with van der Waals surface area (Å²) in [6.07, 6.45) is 1.84. The SMILES string of the molecule is CC(C)n1cnc2ccc(-c3noc(-c4cccc(C#N)c4)n3)cc21. The summed E-state index contributed by atoms with van der Waals surface area (Å²) in [5.41, 5.74) is 4.11. The fourth-order valence-corrected chi connectivity index (χ4v) is 2.76. The number of hydrogen-bond acceptors (Lipinski definition) is 5. The van der Waals surface area contributed by atoms with Gasteiger partial charge in [-0.25, -0.2) is 4.98 Å². The second kappa shape index (κ2) is 5.87. The summed E-state index contributed by atoms with van der Waals surface area (Å²) in [6, 6.07) is 15.4. The molecule has 2 aromatic carbocycles. The zero-order chi connectivity index (χ0) is 17.4. The Bertz CT molecular complexity index is 1100. The van der Waals surface area contributed by atoms with Crippen LogP contribution in [0.25, 0.3) is 33.9 Å². The minimum atomic E-state index is 0.315. The average molecular weight is 329 g/mol. The quantitative estimate of drug-likeness (QED) is 0.562. The van der Waals surface area contributed by atoms with E-state index in [1.54, 1.807) is 18.2 Å². The Labute approximate surface area is 144 Å². The molecule has 122 valence electrons. The summed E-state index contributed by atoms with van der Waals surface area (Å²) in [5.74, 6) is 0.903. The van der Waals surface area contributed by atoms with Gasteiger partial charge in [-0.2, -0.15) is 10.2 Å². The Hall–Kier alpha value is -3.46. The van der Waals surface area contributed by atoms with Crippen molar-refractivity contribution in [3.63, 3.8) is 0 Å². The van der Waals surface area contributed by atoms with E-state index in [-0.39, 0.29) is 0 Å². The summed E-state index contributed by atoms with van der Waals surface area (Å²) in [7, 11) is 0. The molecule has 0 spiro atoms. The third kappa shape index (κ3) is 2.66. The third-order valence-electron chi connectivity index (χ3n) is 4.05. The van der Waals surface area contributed by atoms with Crippen LogP contribution in [0.15, 0.2) is 53.3 Å². The van der Waals surface area contributed by atoms with Gasteiger partial charge < -0.3 is 9.09 Å². The number of imidazole rings is 1. The van der Waals surface area contributed by atoms with Crippen molar-refractivity contribution < 1.29 is 4.52 Å². The average Bonchev–Trinajstić information content (AvgIpc) is 3.28. The van der Waals surface area contributed by atoms with Crippen LogP contribution in [-0.2, 0) is 0 Å². The predicted molar refractivity (Wildman–Crippen MR) is 93.6 cm³/mol. The standard InChI is InChI=1S/C19H15N5O/c1-12(2)24-11-21-16-7-6-14(9-17(16)24)18-22-19(25-23-18)15-5-3-4-13(8-15)10-20/h3-9,11-12H,1-2H3. The van der Waals surface area contributed by atoms with Gasteiger partial charge in [0.15, 0.2) is 0 Å². The second-order valence-corrected chi connectivity index (χ2v) is 6.06. The number of hydrogen-bond donors (Lipinski definition) is 0. The first kappa shape index (κ1) is 15.1. The van der Waals surface area contributed by atoms with Gasteiger partial charge in [0.2, 0.25) is 5.82 Å². The molecule has 6 nitrogen and oxygen atoms in total. The Morgan fingerprint density at radius 2 is 2.00 bits per heavy atom. The molecule has 0 N–H and O–H groups in total. The van der Waals surface area contributed by atoms with Crippen molar-refractivity contribution in [3.8, 4) is 28.9 Å². The molecule has 0 atom stereocenters. The van der Waals surface area contributed by atoms with E-state index in [1.165, 1.54) is 0 Å². The molecule has 2 heterocycles. The molecule has 4 rings (SSSR count). The topological polar surface area (TPSA) is 80.5 Å². The van der Waals surface area contributed by atoms with E-state index < -0.39 is 0 Å². The molecule has 0 aliphatic rings. The van der Waals surface area contributed by atoms with Gasteiger partial charge in [0.05, 0.1) is 29.0 Å². The minimum absolute atomic E-state index is 0.315. The van der Waals surface area contributed by atoms with Crippen molar-refractivity contribution in [2.75, 3.05) is 0 Å². The Kier molecular flexibility index (Phi) is 3.55. The lowest BCUT2D eigenvalue weighted by Gasteiger charge is -2.07. The predicted octanol–water partition coefficient (Wildman–Crippen LogP) is 4.21. The Balaban J connectivity index is 1.76. The molecule has 4 aromatic rings. The Morgan fingerprint density at radius 3 is 2.80 bits per heavy atom. The first-order chi connectivity index (χ1) is 12.2. The zero-order valence-corrected chi connectivity index (χ0v) is 13.8. The van der Waals surface area contributed by atoms with Gasteiger partial charge in [0.1, 0.15) is 0 Å². The van der Waals surface area contributed by atoms with Crippen LogP contribution in [0.4, 0.5) is 0 Å². The number of nitrogens with zero attached hydrogens (tertiary/aromatic N) is 5. The van der Waals surface area contributed by atoms with Crippen molar-refractivity contribution in [3.05, 3.63) is 54.4 Å². The Morgan fingerprint density at radius 1 is 1.12 bits per heavy atom. The number of aromatic nitrogens is 4. The molecule has 0 saturated carbocycles. The highest BCUT2D eigenvalue weighted by molar-refractivity contribution is 5.81. The first-order valence-electron chi connectivity index (χ1n) is 7.97. The van der Waals surface area contributed by atoms with Crippen LogP contribution in [-0.4, -0.2) is 19.7 Å². The highest BCUT2D eigenvalue weighted by Crippen LogP contribution is 2.26. The van der Waals surface area contributed by atoms with Crippen LogP contribution >= 0.6 is 0 Å². The lowest BCUT2D eigenvalue weighted by atomic mass is 10.1. The molecule has 0 aliphatic heterocycles. The number of benzene rings is 2. The van der Waals surface area contributed by atoms with E-state index in [4.69, 9.17) is 9.78 Å². The van der Waals surface area contributed by atoms with Crippen molar-refractivity contribution in [2.24, 2.45) is 0 Å². The van der Waals surface area contributed by atoms with Crippen molar-refractivity contribution in [1.82, 2.24) is 19.7 Å². The number of fused-ring (bicyclic) bond motifs is 1. The van der Waals surface area contributed by atoms with Crippen molar-refractivity contribution in [1.29, 1.82) is 5.26 Å². The van der Waals surface area contributed by atoms with Gasteiger partial charge in [-0.15, -0.1) is 0 Å². The fourth-order valence-electron chi connectivity index (χ4n) is 2.76. The van der Waals surface area contributed by atoms with Gasteiger partial charge >= 0.3 is 0 Å². The monoisotopic (exact) mass is 329 g/mol. The van der Waals surface area contributed by atoms with Gasteiger partial charge in [-0.1, -0.05) is 11.2 Å². The van der Waals surface area contributed by atoms with Crippen LogP contribution in [0, 0.1) is 11.3 Å². The van der Waals surface area contributed by atoms with Gasteiger partial charge in [0, 0.05) is 17.2 Å². The highest BCUT2D eigenvalue weighted by atomic mass is 16.5. The molecule has 0 amide bonds. The summed E-state index contributed by atoms with van der Waals surface area (Å²) < 4.78 is 7.49. The lowest BCUT2D eigenvalue weighted by molar-refractivity contribution is 0.432. The molecule has 2 aromatic heterocycles. The fraction of sp³-hybridized carbons (Fsp3) is 0.158. The van der Waals surface area contributed by atoms with E-state index in [2.05, 4.69) is 39.6 Å². The molecule has 0 bridgehead atoms. The number of rotatable bonds is 3. The third-order valence-corrected chi connectivity index (χ3v) is 4.05. The van der Waals surface area contributed by atoms with Crippen molar-refractivity contribution >= 4 is 11.0 Å². The lowest BCUT2D eigenvalue weighted by Crippen LogP contribution is -1.98. The molecule has 0 aliphatic carbocycles. The normalized spacial score (nSPS) is 11.1. The molecule has 0 fully saturated rings. The van der Waals surface area contributed by atoms with Crippen LogP contribution in [0.5, 0.6) is 0 Å². The maximum atomic E-state index is 9.02. The molecule has 0 radical (unpaired) electrons. The van der Waals surface area contributed by atoms with Crippen molar-refractivity contribution in [2.45, 2.75) is 19.9 Å². The number of nitriles is 1.